The number of pyridine rings is 1. The van der Waals surface area contributed by atoms with Crippen LogP contribution in [0.3, 0.4) is 0 Å². The first-order valence-corrected chi connectivity index (χ1v) is 12.5. The highest BCUT2D eigenvalue weighted by Gasteiger charge is 2.20. The van der Waals surface area contributed by atoms with Crippen LogP contribution in [0.1, 0.15) is 54.1 Å². The van der Waals surface area contributed by atoms with E-state index in [0.29, 0.717) is 23.0 Å². The van der Waals surface area contributed by atoms with Gasteiger partial charge >= 0.3 is 0 Å². The molecular formula is C28H32N6O2. The Kier molecular flexibility index (Phi) is 6.86. The van der Waals surface area contributed by atoms with Crippen LogP contribution < -0.4 is 20.7 Å². The van der Waals surface area contributed by atoms with Gasteiger partial charge in [0.1, 0.15) is 11.5 Å². The average molecular weight is 485 g/mol. The molecule has 1 fully saturated rings. The van der Waals surface area contributed by atoms with Crippen molar-refractivity contribution in [2.45, 2.75) is 45.6 Å². The van der Waals surface area contributed by atoms with Gasteiger partial charge in [0, 0.05) is 29.7 Å². The number of benzene rings is 2. The summed E-state index contributed by atoms with van der Waals surface area (Å²) < 4.78 is 6.20. The summed E-state index contributed by atoms with van der Waals surface area (Å²) in [4.78, 5) is 17.4. The maximum atomic E-state index is 13.0. The van der Waals surface area contributed by atoms with E-state index in [1.54, 1.807) is 12.3 Å². The SMILES string of the molecule is Cc1cc(NC(=O)c2cccc(Nc3ccnc4[nH]nc(O[C@@H]5CCCNC5)c34)c2)ccc1C(C)C. The number of hydrogen-bond donors (Lipinski definition) is 4. The van der Waals surface area contributed by atoms with Crippen molar-refractivity contribution in [1.29, 1.82) is 0 Å². The lowest BCUT2D eigenvalue weighted by molar-refractivity contribution is 0.102. The number of anilines is 3. The molecule has 1 amide bonds. The number of carbonyl (C=O) groups is 1. The van der Waals surface area contributed by atoms with Gasteiger partial charge in [0.05, 0.1) is 5.69 Å². The number of aromatic nitrogens is 3. The Balaban J connectivity index is 1.34. The Morgan fingerprint density at radius 1 is 1.14 bits per heavy atom. The number of ether oxygens (including phenoxy) is 1. The third-order valence-electron chi connectivity index (χ3n) is 6.51. The normalized spacial score (nSPS) is 15.7. The number of aromatic amines is 1. The van der Waals surface area contributed by atoms with Gasteiger partial charge in [-0.1, -0.05) is 26.0 Å². The number of nitrogens with zero attached hydrogens (tertiary/aromatic N) is 2. The van der Waals surface area contributed by atoms with E-state index in [1.165, 1.54) is 11.1 Å². The van der Waals surface area contributed by atoms with E-state index in [4.69, 9.17) is 4.74 Å². The maximum absolute atomic E-state index is 13.0. The van der Waals surface area contributed by atoms with Gasteiger partial charge in [-0.15, -0.1) is 5.10 Å². The van der Waals surface area contributed by atoms with E-state index in [1.807, 2.05) is 36.4 Å². The minimum absolute atomic E-state index is 0.0728. The number of amides is 1. The highest BCUT2D eigenvalue weighted by molar-refractivity contribution is 6.05. The maximum Gasteiger partial charge on any atom is 0.255 e. The zero-order valence-electron chi connectivity index (χ0n) is 20.9. The third kappa shape index (κ3) is 5.18. The van der Waals surface area contributed by atoms with Gasteiger partial charge in [-0.25, -0.2) is 4.98 Å². The van der Waals surface area contributed by atoms with Crippen molar-refractivity contribution in [1.82, 2.24) is 20.5 Å². The summed E-state index contributed by atoms with van der Waals surface area (Å²) in [5.41, 5.74) is 6.04. The molecule has 0 radical (unpaired) electrons. The molecule has 1 aliphatic heterocycles. The Morgan fingerprint density at radius 3 is 2.81 bits per heavy atom. The molecule has 36 heavy (non-hydrogen) atoms. The molecule has 8 heteroatoms. The quantitative estimate of drug-likeness (QED) is 0.276. The van der Waals surface area contributed by atoms with Gasteiger partial charge in [-0.3, -0.25) is 9.89 Å². The largest absolute Gasteiger partial charge is 0.471 e. The molecule has 3 heterocycles. The lowest BCUT2D eigenvalue weighted by Crippen LogP contribution is -2.37. The van der Waals surface area contributed by atoms with E-state index >= 15 is 0 Å². The Bertz CT molecular complexity index is 1370. The molecule has 2 aromatic carbocycles. The molecule has 0 bridgehead atoms. The van der Waals surface area contributed by atoms with Crippen LogP contribution in [0.4, 0.5) is 17.1 Å². The van der Waals surface area contributed by atoms with E-state index < -0.39 is 0 Å². The zero-order valence-corrected chi connectivity index (χ0v) is 20.9. The van der Waals surface area contributed by atoms with Crippen molar-refractivity contribution in [3.8, 4) is 5.88 Å². The van der Waals surface area contributed by atoms with Crippen LogP contribution in [-0.4, -0.2) is 40.3 Å². The Morgan fingerprint density at radius 2 is 2.03 bits per heavy atom. The van der Waals surface area contributed by atoms with Crippen molar-refractivity contribution in [3.05, 3.63) is 71.4 Å². The number of fused-ring (bicyclic) bond motifs is 1. The van der Waals surface area contributed by atoms with Gasteiger partial charge < -0.3 is 20.7 Å². The van der Waals surface area contributed by atoms with Crippen LogP contribution in [-0.2, 0) is 0 Å². The summed E-state index contributed by atoms with van der Waals surface area (Å²) in [6.07, 6.45) is 3.85. The minimum Gasteiger partial charge on any atom is -0.471 e. The number of H-pyrrole nitrogens is 1. The van der Waals surface area contributed by atoms with E-state index in [-0.39, 0.29) is 12.0 Å². The molecule has 5 rings (SSSR count). The van der Waals surface area contributed by atoms with Crippen molar-refractivity contribution >= 4 is 34.0 Å². The number of aryl methyl sites for hydroxylation is 1. The van der Waals surface area contributed by atoms with Crippen LogP contribution in [0.15, 0.2) is 54.7 Å². The van der Waals surface area contributed by atoms with E-state index in [9.17, 15) is 4.79 Å². The molecule has 4 N–H and O–H groups in total. The minimum atomic E-state index is -0.160. The molecule has 0 saturated carbocycles. The summed E-state index contributed by atoms with van der Waals surface area (Å²) in [6.45, 7) is 8.23. The van der Waals surface area contributed by atoms with Crippen molar-refractivity contribution in [2.75, 3.05) is 23.7 Å². The second kappa shape index (κ2) is 10.4. The molecule has 1 atom stereocenters. The molecule has 8 nitrogen and oxygen atoms in total. The van der Waals surface area contributed by atoms with E-state index in [0.717, 1.165) is 48.4 Å². The molecule has 1 aliphatic rings. The summed E-state index contributed by atoms with van der Waals surface area (Å²) >= 11 is 0. The molecule has 0 aliphatic carbocycles. The third-order valence-corrected chi connectivity index (χ3v) is 6.51. The topological polar surface area (TPSA) is 104 Å². The lowest BCUT2D eigenvalue weighted by atomic mass is 9.97. The number of carbonyl (C=O) groups excluding carboxylic acids is 1. The lowest BCUT2D eigenvalue weighted by Gasteiger charge is -2.23. The van der Waals surface area contributed by atoms with Crippen LogP contribution >= 0.6 is 0 Å². The first-order valence-electron chi connectivity index (χ1n) is 12.5. The molecular weight excluding hydrogens is 452 g/mol. The predicted molar refractivity (Wildman–Crippen MR) is 143 cm³/mol. The predicted octanol–water partition coefficient (Wildman–Crippen LogP) is 5.52. The summed E-state index contributed by atoms with van der Waals surface area (Å²) in [5, 5.41) is 17.9. The summed E-state index contributed by atoms with van der Waals surface area (Å²) in [6, 6.07) is 15.4. The van der Waals surface area contributed by atoms with Crippen LogP contribution in [0, 0.1) is 6.92 Å². The first kappa shape index (κ1) is 23.8. The molecule has 0 unspecified atom stereocenters. The number of piperidine rings is 1. The fourth-order valence-electron chi connectivity index (χ4n) is 4.69. The Hall–Kier alpha value is -3.91. The van der Waals surface area contributed by atoms with Crippen molar-refractivity contribution < 1.29 is 9.53 Å². The zero-order chi connectivity index (χ0) is 25.1. The number of rotatable bonds is 7. The molecule has 4 aromatic rings. The second-order valence-corrected chi connectivity index (χ2v) is 9.58. The summed E-state index contributed by atoms with van der Waals surface area (Å²) in [5.74, 6) is 0.813. The molecule has 0 spiro atoms. The number of hydrogen-bond acceptors (Lipinski definition) is 6. The van der Waals surface area contributed by atoms with Crippen LogP contribution in [0.5, 0.6) is 5.88 Å². The van der Waals surface area contributed by atoms with Gasteiger partial charge in [0.2, 0.25) is 5.88 Å². The van der Waals surface area contributed by atoms with Crippen LogP contribution in [0.25, 0.3) is 11.0 Å². The monoisotopic (exact) mass is 484 g/mol. The average Bonchev–Trinajstić information content (AvgIpc) is 3.28. The van der Waals surface area contributed by atoms with Crippen molar-refractivity contribution in [3.63, 3.8) is 0 Å². The molecule has 1 saturated heterocycles. The highest BCUT2D eigenvalue weighted by Crippen LogP contribution is 2.32. The molecule has 2 aromatic heterocycles. The van der Waals surface area contributed by atoms with Crippen molar-refractivity contribution in [2.24, 2.45) is 0 Å². The van der Waals surface area contributed by atoms with Gasteiger partial charge in [0.25, 0.3) is 5.91 Å². The number of nitrogens with one attached hydrogen (secondary N) is 4. The second-order valence-electron chi connectivity index (χ2n) is 9.58. The van der Waals surface area contributed by atoms with E-state index in [2.05, 4.69) is 58.0 Å². The Labute approximate surface area is 210 Å². The fourth-order valence-corrected chi connectivity index (χ4v) is 4.69. The highest BCUT2D eigenvalue weighted by atomic mass is 16.5. The molecule has 186 valence electrons. The smallest absolute Gasteiger partial charge is 0.255 e. The van der Waals surface area contributed by atoms with Gasteiger partial charge in [-0.2, -0.15) is 0 Å². The summed E-state index contributed by atoms with van der Waals surface area (Å²) in [7, 11) is 0. The standard InChI is InChI=1S/C28H32N6O2/c1-17(2)23-10-9-21(14-18(23)3)32-27(35)19-6-4-7-20(15-19)31-24-11-13-30-26-25(24)28(34-33-26)36-22-8-5-12-29-16-22/h4,6-7,9-11,13-15,17,22,29H,5,8,12,16H2,1-3H3,(H,32,35)(H2,30,31,33,34)/t22-/m1/s1. The van der Waals surface area contributed by atoms with Crippen LogP contribution in [0.2, 0.25) is 0 Å². The first-order chi connectivity index (χ1) is 17.5. The van der Waals surface area contributed by atoms with Gasteiger partial charge in [0.15, 0.2) is 5.65 Å². The van der Waals surface area contributed by atoms with Gasteiger partial charge in [-0.05, 0) is 79.8 Å². The fraction of sp³-hybridized carbons (Fsp3) is 0.321.